The molecule has 0 N–H and O–H groups in total. The minimum absolute atomic E-state index is 0.578. The molecule has 4 heterocycles. The van der Waals surface area contributed by atoms with Crippen LogP contribution >= 0.6 is 0 Å². The van der Waals surface area contributed by atoms with Crippen LogP contribution in [0.2, 0.25) is 19.6 Å². The van der Waals surface area contributed by atoms with E-state index in [0.29, 0.717) is 17.7 Å². The Bertz CT molecular complexity index is 2440. The fourth-order valence-corrected chi connectivity index (χ4v) is 10.8. The minimum atomic E-state index is -2.18. The third-order valence-corrected chi connectivity index (χ3v) is 15.6. The molecule has 8 nitrogen and oxygen atoms in total. The standard InChI is InChI=1S/C40H34N6O2Si2/c1-49(30-12-8-10-28(22-30)47-38-14-4-6-20-42-38)31-16-18-34-35-19-17-33(25-37(35)46(36(34)24-31)40-44-26-41-27-45-40)50(2,3)32-13-9-11-29(23-32)48-39-15-5-7-21-43-39/h4-27,49H,1-3H3. The molecule has 1 atom stereocenters. The summed E-state index contributed by atoms with van der Waals surface area (Å²) in [5, 5.41) is 7.48. The molecule has 50 heavy (non-hydrogen) atoms. The van der Waals surface area contributed by atoms with Crippen LogP contribution in [0, 0.1) is 0 Å². The van der Waals surface area contributed by atoms with Gasteiger partial charge in [0, 0.05) is 35.3 Å². The largest absolute Gasteiger partial charge is 0.439 e. The first-order valence-electron chi connectivity index (χ1n) is 16.5. The fraction of sp³-hybridized carbons (Fsp3) is 0.0750. The molecule has 0 bridgehead atoms. The first-order chi connectivity index (χ1) is 24.4. The maximum Gasteiger partial charge on any atom is 0.237 e. The van der Waals surface area contributed by atoms with Crippen LogP contribution in [0.25, 0.3) is 27.8 Å². The third-order valence-electron chi connectivity index (χ3n) is 9.33. The zero-order chi connectivity index (χ0) is 34.1. The molecule has 10 heteroatoms. The van der Waals surface area contributed by atoms with E-state index in [4.69, 9.17) is 9.47 Å². The second kappa shape index (κ2) is 13.1. The van der Waals surface area contributed by atoms with Gasteiger partial charge in [-0.2, -0.15) is 0 Å². The normalized spacial score (nSPS) is 12.2. The van der Waals surface area contributed by atoms with E-state index in [-0.39, 0.29) is 0 Å². The fourth-order valence-electron chi connectivity index (χ4n) is 6.47. The van der Waals surface area contributed by atoms with Crippen molar-refractivity contribution in [2.45, 2.75) is 19.6 Å². The van der Waals surface area contributed by atoms with Gasteiger partial charge in [-0.15, -0.1) is 0 Å². The molecule has 0 spiro atoms. The van der Waals surface area contributed by atoms with E-state index >= 15 is 0 Å². The molecule has 8 aromatic rings. The van der Waals surface area contributed by atoms with Gasteiger partial charge >= 0.3 is 0 Å². The summed E-state index contributed by atoms with van der Waals surface area (Å²) >= 11 is 0. The van der Waals surface area contributed by atoms with Crippen molar-refractivity contribution in [3.05, 3.63) is 146 Å². The van der Waals surface area contributed by atoms with E-state index in [0.717, 1.165) is 33.3 Å². The van der Waals surface area contributed by atoms with Crippen molar-refractivity contribution in [2.24, 2.45) is 0 Å². The van der Waals surface area contributed by atoms with Gasteiger partial charge < -0.3 is 9.47 Å². The highest BCUT2D eigenvalue weighted by molar-refractivity contribution is 7.00. The Hall–Kier alpha value is -5.98. The van der Waals surface area contributed by atoms with Crippen molar-refractivity contribution >= 4 is 59.4 Å². The summed E-state index contributed by atoms with van der Waals surface area (Å²) in [6.45, 7) is 7.11. The van der Waals surface area contributed by atoms with E-state index in [1.807, 2.05) is 48.5 Å². The highest BCUT2D eigenvalue weighted by Gasteiger charge is 2.28. The highest BCUT2D eigenvalue weighted by Crippen LogP contribution is 2.31. The average Bonchev–Trinajstić information content (AvgIpc) is 3.49. The summed E-state index contributed by atoms with van der Waals surface area (Å²) in [5.41, 5.74) is 2.15. The third kappa shape index (κ3) is 6.06. The van der Waals surface area contributed by atoms with Gasteiger partial charge in [-0.3, -0.25) is 4.57 Å². The minimum Gasteiger partial charge on any atom is -0.439 e. The SMILES string of the molecule is C[SiH](c1cccc(Oc2ccccn2)c1)c1ccc2c3ccc([Si](C)(C)c4cccc(Oc5ccccn5)c4)cc3n(-c3ncncn3)c2c1. The quantitative estimate of drug-likeness (QED) is 0.169. The molecule has 0 amide bonds. The number of nitrogens with zero attached hydrogens (tertiary/aromatic N) is 6. The molecule has 0 fully saturated rings. The number of hydrogen-bond acceptors (Lipinski definition) is 7. The van der Waals surface area contributed by atoms with E-state index in [1.54, 1.807) is 25.0 Å². The lowest BCUT2D eigenvalue weighted by molar-refractivity contribution is 0.463. The van der Waals surface area contributed by atoms with Crippen molar-refractivity contribution < 1.29 is 9.47 Å². The molecular formula is C40H34N6O2Si2. The molecule has 0 aliphatic rings. The van der Waals surface area contributed by atoms with Gasteiger partial charge in [0.2, 0.25) is 17.7 Å². The predicted molar refractivity (Wildman–Crippen MR) is 205 cm³/mol. The molecule has 0 saturated carbocycles. The summed E-state index contributed by atoms with van der Waals surface area (Å²) in [6, 6.07) is 41.9. The molecule has 8 rings (SSSR count). The summed E-state index contributed by atoms with van der Waals surface area (Å²) in [6.07, 6.45) is 6.59. The van der Waals surface area contributed by atoms with Crippen LogP contribution in [0.3, 0.4) is 0 Å². The lowest BCUT2D eigenvalue weighted by atomic mass is 10.1. The van der Waals surface area contributed by atoms with Crippen LogP contribution in [0.4, 0.5) is 0 Å². The maximum absolute atomic E-state index is 6.11. The molecule has 1 unspecified atom stereocenters. The van der Waals surface area contributed by atoms with Gasteiger partial charge in [0.1, 0.15) is 32.2 Å². The molecule has 0 aliphatic heterocycles. The number of aromatic nitrogens is 6. The molecule has 4 aromatic heterocycles. The molecule has 0 radical (unpaired) electrons. The van der Waals surface area contributed by atoms with E-state index < -0.39 is 16.9 Å². The Kier molecular flexibility index (Phi) is 8.23. The summed E-state index contributed by atoms with van der Waals surface area (Å²) in [7, 11) is -3.78. The number of hydrogen-bond donors (Lipinski definition) is 0. The molecule has 4 aromatic carbocycles. The lowest BCUT2D eigenvalue weighted by Crippen LogP contribution is -2.52. The Labute approximate surface area is 292 Å². The van der Waals surface area contributed by atoms with Gasteiger partial charge in [0.25, 0.3) is 0 Å². The van der Waals surface area contributed by atoms with Crippen LogP contribution in [0.15, 0.2) is 146 Å². The Morgan fingerprint density at radius 2 is 1.16 bits per heavy atom. The summed E-state index contributed by atoms with van der Waals surface area (Å²) < 4.78 is 14.4. The Morgan fingerprint density at radius 1 is 0.560 bits per heavy atom. The van der Waals surface area contributed by atoms with Gasteiger partial charge in [-0.1, -0.05) is 101 Å². The van der Waals surface area contributed by atoms with E-state index in [9.17, 15) is 0 Å². The van der Waals surface area contributed by atoms with Crippen LogP contribution in [-0.4, -0.2) is 46.4 Å². The predicted octanol–water partition coefficient (Wildman–Crippen LogP) is 6.14. The van der Waals surface area contributed by atoms with Crippen LogP contribution in [0.1, 0.15) is 0 Å². The van der Waals surface area contributed by atoms with Crippen molar-refractivity contribution in [1.29, 1.82) is 0 Å². The molecule has 244 valence electrons. The zero-order valence-electron chi connectivity index (χ0n) is 27.9. The number of ether oxygens (including phenoxy) is 2. The topological polar surface area (TPSA) is 87.8 Å². The molecule has 0 aliphatic carbocycles. The van der Waals surface area contributed by atoms with Crippen molar-refractivity contribution in [1.82, 2.24) is 29.5 Å². The Balaban J connectivity index is 1.20. The second-order valence-corrected chi connectivity index (χ2v) is 20.0. The van der Waals surface area contributed by atoms with Crippen LogP contribution in [0.5, 0.6) is 23.3 Å². The first-order valence-corrected chi connectivity index (χ1v) is 21.8. The monoisotopic (exact) mass is 686 g/mol. The van der Waals surface area contributed by atoms with Crippen molar-refractivity contribution in [2.75, 3.05) is 0 Å². The zero-order valence-corrected chi connectivity index (χ0v) is 30.1. The van der Waals surface area contributed by atoms with Crippen molar-refractivity contribution in [3.8, 4) is 29.2 Å². The lowest BCUT2D eigenvalue weighted by Gasteiger charge is -2.24. The smallest absolute Gasteiger partial charge is 0.237 e. The number of pyridine rings is 2. The maximum atomic E-state index is 6.11. The van der Waals surface area contributed by atoms with Crippen LogP contribution < -0.4 is 30.2 Å². The van der Waals surface area contributed by atoms with Crippen molar-refractivity contribution in [3.63, 3.8) is 0 Å². The second-order valence-electron chi connectivity index (χ2n) is 12.8. The van der Waals surface area contributed by atoms with Gasteiger partial charge in [0.15, 0.2) is 0 Å². The van der Waals surface area contributed by atoms with Gasteiger partial charge in [0.05, 0.1) is 19.8 Å². The van der Waals surface area contributed by atoms with Gasteiger partial charge in [-0.05, 0) is 48.5 Å². The summed E-state index contributed by atoms with van der Waals surface area (Å²) in [5.74, 6) is 3.32. The molecular weight excluding hydrogens is 653 g/mol. The van der Waals surface area contributed by atoms with Gasteiger partial charge in [-0.25, -0.2) is 24.9 Å². The number of fused-ring (bicyclic) bond motifs is 3. The summed E-state index contributed by atoms with van der Waals surface area (Å²) in [4.78, 5) is 22.0. The first kappa shape index (κ1) is 31.3. The average molecular weight is 687 g/mol. The van der Waals surface area contributed by atoms with E-state index in [2.05, 4.69) is 122 Å². The molecule has 0 saturated heterocycles. The van der Waals surface area contributed by atoms with Crippen LogP contribution in [-0.2, 0) is 0 Å². The number of rotatable bonds is 9. The highest BCUT2D eigenvalue weighted by atomic mass is 28.3. The Morgan fingerprint density at radius 3 is 1.84 bits per heavy atom. The number of benzene rings is 4. The van der Waals surface area contributed by atoms with E-state index in [1.165, 1.54) is 20.7 Å².